The van der Waals surface area contributed by atoms with Gasteiger partial charge in [-0.2, -0.15) is 0 Å². The number of amides is 2. The Morgan fingerprint density at radius 2 is 2.15 bits per heavy atom. The van der Waals surface area contributed by atoms with E-state index in [1.165, 1.54) is 0 Å². The van der Waals surface area contributed by atoms with Gasteiger partial charge in [-0.15, -0.1) is 0 Å². The Morgan fingerprint density at radius 3 is 2.85 bits per heavy atom. The molecule has 5 heteroatoms. The zero-order valence-corrected chi connectivity index (χ0v) is 12.9. The van der Waals surface area contributed by atoms with Crippen molar-refractivity contribution in [3.05, 3.63) is 34.9 Å². The van der Waals surface area contributed by atoms with E-state index >= 15 is 0 Å². The van der Waals surface area contributed by atoms with Gasteiger partial charge in [0, 0.05) is 31.3 Å². The van der Waals surface area contributed by atoms with Gasteiger partial charge in [-0.05, 0) is 30.0 Å². The number of urea groups is 1. The molecule has 1 aromatic carbocycles. The molecule has 0 spiro atoms. The number of benzene rings is 1. The molecule has 0 atom stereocenters. The highest BCUT2D eigenvalue weighted by Crippen LogP contribution is 2.10. The van der Waals surface area contributed by atoms with Crippen LogP contribution in [0.15, 0.2) is 24.3 Å². The SMILES string of the molecule is CC(C)COCCCNC(=O)NCc1cccc(Cl)c1. The molecule has 20 heavy (non-hydrogen) atoms. The van der Waals surface area contributed by atoms with Gasteiger partial charge in [-0.25, -0.2) is 4.79 Å². The Kier molecular flexibility index (Phi) is 8.07. The van der Waals surface area contributed by atoms with E-state index in [1.807, 2.05) is 24.3 Å². The van der Waals surface area contributed by atoms with Crippen LogP contribution in [0.1, 0.15) is 25.8 Å². The molecule has 0 saturated heterocycles. The fraction of sp³-hybridized carbons (Fsp3) is 0.533. The number of carbonyl (C=O) groups excluding carboxylic acids is 1. The summed E-state index contributed by atoms with van der Waals surface area (Å²) < 4.78 is 5.43. The first-order chi connectivity index (χ1) is 9.58. The van der Waals surface area contributed by atoms with Gasteiger partial charge in [0.1, 0.15) is 0 Å². The second-order valence-corrected chi connectivity index (χ2v) is 5.50. The first kappa shape index (κ1) is 16.8. The lowest BCUT2D eigenvalue weighted by Crippen LogP contribution is -2.35. The topological polar surface area (TPSA) is 50.4 Å². The molecule has 0 heterocycles. The zero-order chi connectivity index (χ0) is 14.8. The number of hydrogen-bond donors (Lipinski definition) is 2. The lowest BCUT2D eigenvalue weighted by Gasteiger charge is -2.09. The van der Waals surface area contributed by atoms with Crippen LogP contribution in [0.4, 0.5) is 4.79 Å². The van der Waals surface area contributed by atoms with E-state index in [4.69, 9.17) is 16.3 Å². The van der Waals surface area contributed by atoms with Gasteiger partial charge in [0.25, 0.3) is 0 Å². The maximum absolute atomic E-state index is 11.5. The molecule has 0 aliphatic heterocycles. The van der Waals surface area contributed by atoms with Crippen LogP contribution in [-0.4, -0.2) is 25.8 Å². The number of nitrogens with one attached hydrogen (secondary N) is 2. The Labute approximate surface area is 125 Å². The number of rotatable bonds is 8. The second kappa shape index (κ2) is 9.61. The minimum atomic E-state index is -0.172. The molecule has 0 saturated carbocycles. The van der Waals surface area contributed by atoms with Crippen LogP contribution in [0.25, 0.3) is 0 Å². The fourth-order valence-electron chi connectivity index (χ4n) is 1.59. The molecule has 0 unspecified atom stereocenters. The van der Waals surface area contributed by atoms with Crippen molar-refractivity contribution in [2.45, 2.75) is 26.8 Å². The predicted octanol–water partition coefficient (Wildman–Crippen LogP) is 3.20. The summed E-state index contributed by atoms with van der Waals surface area (Å²) in [5, 5.41) is 6.25. The average Bonchev–Trinajstić information content (AvgIpc) is 2.40. The predicted molar refractivity (Wildman–Crippen MR) is 82.0 cm³/mol. The molecule has 0 aliphatic rings. The highest BCUT2D eigenvalue weighted by molar-refractivity contribution is 6.30. The lowest BCUT2D eigenvalue weighted by molar-refractivity contribution is 0.108. The van der Waals surface area contributed by atoms with E-state index in [9.17, 15) is 4.79 Å². The third kappa shape index (κ3) is 8.02. The summed E-state index contributed by atoms with van der Waals surface area (Å²) in [6, 6.07) is 7.26. The summed E-state index contributed by atoms with van der Waals surface area (Å²) in [7, 11) is 0. The van der Waals surface area contributed by atoms with Crippen molar-refractivity contribution in [2.24, 2.45) is 5.92 Å². The molecule has 4 nitrogen and oxygen atoms in total. The van der Waals surface area contributed by atoms with Crippen molar-refractivity contribution < 1.29 is 9.53 Å². The molecular formula is C15H23ClN2O2. The molecule has 0 radical (unpaired) electrons. The van der Waals surface area contributed by atoms with Crippen LogP contribution in [0.3, 0.4) is 0 Å². The van der Waals surface area contributed by atoms with Gasteiger partial charge in [-0.1, -0.05) is 37.6 Å². The molecule has 0 aromatic heterocycles. The molecule has 1 aromatic rings. The monoisotopic (exact) mass is 298 g/mol. The minimum Gasteiger partial charge on any atom is -0.381 e. The van der Waals surface area contributed by atoms with Gasteiger partial charge >= 0.3 is 6.03 Å². The Morgan fingerprint density at radius 1 is 1.35 bits per heavy atom. The van der Waals surface area contributed by atoms with Crippen molar-refractivity contribution in [2.75, 3.05) is 19.8 Å². The summed E-state index contributed by atoms with van der Waals surface area (Å²) in [6.07, 6.45) is 0.817. The van der Waals surface area contributed by atoms with Crippen molar-refractivity contribution in [3.8, 4) is 0 Å². The average molecular weight is 299 g/mol. The minimum absolute atomic E-state index is 0.172. The van der Waals surface area contributed by atoms with E-state index in [0.29, 0.717) is 30.6 Å². The standard InChI is InChI=1S/C15H23ClN2O2/c1-12(2)11-20-8-4-7-17-15(19)18-10-13-5-3-6-14(16)9-13/h3,5-6,9,12H,4,7-8,10-11H2,1-2H3,(H2,17,18,19). The summed E-state index contributed by atoms with van der Waals surface area (Å²) in [5.41, 5.74) is 0.980. The van der Waals surface area contributed by atoms with Crippen molar-refractivity contribution in [1.29, 1.82) is 0 Å². The first-order valence-electron chi connectivity index (χ1n) is 6.92. The quantitative estimate of drug-likeness (QED) is 0.724. The number of halogens is 1. The zero-order valence-electron chi connectivity index (χ0n) is 12.1. The third-order valence-corrected chi connectivity index (χ3v) is 2.78. The number of ether oxygens (including phenoxy) is 1. The normalized spacial score (nSPS) is 10.6. The van der Waals surface area contributed by atoms with Crippen LogP contribution in [0, 0.1) is 5.92 Å². The van der Waals surface area contributed by atoms with Gasteiger partial charge in [0.2, 0.25) is 0 Å². The molecule has 1 rings (SSSR count). The van der Waals surface area contributed by atoms with Crippen molar-refractivity contribution in [3.63, 3.8) is 0 Å². The highest BCUT2D eigenvalue weighted by Gasteiger charge is 2.00. The molecule has 0 fully saturated rings. The van der Waals surface area contributed by atoms with Gasteiger partial charge < -0.3 is 15.4 Å². The number of hydrogen-bond acceptors (Lipinski definition) is 2. The number of carbonyl (C=O) groups is 1. The summed E-state index contributed by atoms with van der Waals surface area (Å²) in [6.45, 7) is 6.74. The van der Waals surface area contributed by atoms with Gasteiger partial charge in [0.15, 0.2) is 0 Å². The van der Waals surface area contributed by atoms with E-state index in [0.717, 1.165) is 18.6 Å². The van der Waals surface area contributed by atoms with Gasteiger partial charge in [-0.3, -0.25) is 0 Å². The van der Waals surface area contributed by atoms with E-state index in [1.54, 1.807) is 0 Å². The molecule has 2 N–H and O–H groups in total. The third-order valence-electron chi connectivity index (χ3n) is 2.54. The summed E-state index contributed by atoms with van der Waals surface area (Å²) in [4.78, 5) is 11.5. The molecule has 0 bridgehead atoms. The van der Waals surface area contributed by atoms with E-state index in [2.05, 4.69) is 24.5 Å². The maximum Gasteiger partial charge on any atom is 0.315 e. The molecule has 0 aliphatic carbocycles. The second-order valence-electron chi connectivity index (χ2n) is 5.06. The van der Waals surface area contributed by atoms with Crippen LogP contribution in [0.2, 0.25) is 5.02 Å². The molecule has 2 amide bonds. The van der Waals surface area contributed by atoms with Gasteiger partial charge in [0.05, 0.1) is 0 Å². The van der Waals surface area contributed by atoms with Crippen LogP contribution in [-0.2, 0) is 11.3 Å². The fourth-order valence-corrected chi connectivity index (χ4v) is 1.80. The van der Waals surface area contributed by atoms with Crippen molar-refractivity contribution in [1.82, 2.24) is 10.6 Å². The smallest absolute Gasteiger partial charge is 0.315 e. The molecular weight excluding hydrogens is 276 g/mol. The lowest BCUT2D eigenvalue weighted by atomic mass is 10.2. The van der Waals surface area contributed by atoms with Crippen LogP contribution < -0.4 is 10.6 Å². The largest absolute Gasteiger partial charge is 0.381 e. The van der Waals surface area contributed by atoms with Crippen LogP contribution in [0.5, 0.6) is 0 Å². The Hall–Kier alpha value is -1.26. The first-order valence-corrected chi connectivity index (χ1v) is 7.29. The Balaban J connectivity index is 2.06. The van der Waals surface area contributed by atoms with E-state index in [-0.39, 0.29) is 6.03 Å². The summed E-state index contributed by atoms with van der Waals surface area (Å²) in [5.74, 6) is 0.545. The van der Waals surface area contributed by atoms with Crippen molar-refractivity contribution >= 4 is 17.6 Å². The maximum atomic E-state index is 11.5. The highest BCUT2D eigenvalue weighted by atomic mass is 35.5. The molecule has 112 valence electrons. The Bertz CT molecular complexity index is 411. The van der Waals surface area contributed by atoms with Crippen LogP contribution >= 0.6 is 11.6 Å². The van der Waals surface area contributed by atoms with E-state index < -0.39 is 0 Å². The summed E-state index contributed by atoms with van der Waals surface area (Å²) >= 11 is 5.87.